The van der Waals surface area contributed by atoms with Crippen LogP contribution in [0.1, 0.15) is 13.8 Å². The number of carbonyl (C=O) groups excluding carboxylic acids is 1. The van der Waals surface area contributed by atoms with Crippen molar-refractivity contribution in [2.75, 3.05) is 13.2 Å². The lowest BCUT2D eigenvalue weighted by molar-refractivity contribution is -0.160. The van der Waals surface area contributed by atoms with E-state index in [-0.39, 0.29) is 5.92 Å². The Morgan fingerprint density at radius 2 is 2.00 bits per heavy atom. The SMILES string of the molecule is CC(C)CNC(=O)OCC(F)(F)F. The molecule has 0 aliphatic carbocycles. The number of amides is 1. The first-order valence-corrected chi connectivity index (χ1v) is 3.78. The van der Waals surface area contributed by atoms with Crippen LogP contribution < -0.4 is 5.32 Å². The number of ether oxygens (including phenoxy) is 1. The molecule has 0 spiro atoms. The first kappa shape index (κ1) is 12.1. The van der Waals surface area contributed by atoms with E-state index >= 15 is 0 Å². The van der Waals surface area contributed by atoms with Gasteiger partial charge in [0.2, 0.25) is 0 Å². The van der Waals surface area contributed by atoms with E-state index in [1.54, 1.807) is 0 Å². The summed E-state index contributed by atoms with van der Waals surface area (Å²) in [6.45, 7) is 2.40. The van der Waals surface area contributed by atoms with Crippen LogP contribution in [0.15, 0.2) is 0 Å². The Morgan fingerprint density at radius 1 is 1.46 bits per heavy atom. The van der Waals surface area contributed by atoms with E-state index in [0.717, 1.165) is 0 Å². The van der Waals surface area contributed by atoms with E-state index in [1.807, 2.05) is 13.8 Å². The number of halogens is 3. The summed E-state index contributed by atoms with van der Waals surface area (Å²) >= 11 is 0. The lowest BCUT2D eigenvalue weighted by Gasteiger charge is -2.09. The second kappa shape index (κ2) is 4.94. The highest BCUT2D eigenvalue weighted by Gasteiger charge is 2.29. The summed E-state index contributed by atoms with van der Waals surface area (Å²) < 4.78 is 38.4. The van der Waals surface area contributed by atoms with Gasteiger partial charge in [0.1, 0.15) is 0 Å². The minimum Gasteiger partial charge on any atom is -0.440 e. The first-order valence-electron chi connectivity index (χ1n) is 3.78. The van der Waals surface area contributed by atoms with Gasteiger partial charge in [0.25, 0.3) is 0 Å². The van der Waals surface area contributed by atoms with E-state index in [2.05, 4.69) is 10.1 Å². The Kier molecular flexibility index (Phi) is 4.58. The predicted molar refractivity (Wildman–Crippen MR) is 40.2 cm³/mol. The third kappa shape index (κ3) is 8.97. The summed E-state index contributed by atoms with van der Waals surface area (Å²) in [7, 11) is 0. The largest absolute Gasteiger partial charge is 0.440 e. The molecule has 0 fully saturated rings. The van der Waals surface area contributed by atoms with Gasteiger partial charge in [-0.25, -0.2) is 4.79 Å². The Balaban J connectivity index is 3.53. The molecule has 0 saturated carbocycles. The van der Waals surface area contributed by atoms with Crippen molar-refractivity contribution in [2.24, 2.45) is 5.92 Å². The molecule has 0 aromatic heterocycles. The van der Waals surface area contributed by atoms with Gasteiger partial charge in [-0.3, -0.25) is 0 Å². The van der Waals surface area contributed by atoms with Gasteiger partial charge in [-0.05, 0) is 5.92 Å². The van der Waals surface area contributed by atoms with Gasteiger partial charge in [-0.15, -0.1) is 0 Å². The summed E-state index contributed by atoms with van der Waals surface area (Å²) in [5.74, 6) is 0.179. The second-order valence-corrected chi connectivity index (χ2v) is 2.97. The van der Waals surface area contributed by atoms with Crippen molar-refractivity contribution in [1.29, 1.82) is 0 Å². The second-order valence-electron chi connectivity index (χ2n) is 2.97. The van der Waals surface area contributed by atoms with Crippen LogP contribution in [-0.2, 0) is 4.74 Å². The molecule has 0 aliphatic rings. The number of hydrogen-bond donors (Lipinski definition) is 1. The minimum atomic E-state index is -4.46. The van der Waals surface area contributed by atoms with E-state index < -0.39 is 18.9 Å². The molecule has 0 saturated heterocycles. The van der Waals surface area contributed by atoms with Crippen LogP contribution in [0.5, 0.6) is 0 Å². The van der Waals surface area contributed by atoms with E-state index in [1.165, 1.54) is 0 Å². The smallest absolute Gasteiger partial charge is 0.422 e. The van der Waals surface area contributed by atoms with Crippen LogP contribution >= 0.6 is 0 Å². The van der Waals surface area contributed by atoms with Crippen LogP contribution in [-0.4, -0.2) is 25.4 Å². The van der Waals surface area contributed by atoms with E-state index in [9.17, 15) is 18.0 Å². The molecule has 1 amide bonds. The lowest BCUT2D eigenvalue weighted by atomic mass is 10.2. The lowest BCUT2D eigenvalue weighted by Crippen LogP contribution is -2.31. The summed E-state index contributed by atoms with van der Waals surface area (Å²) in [6.07, 6.45) is -5.50. The molecular formula is C7H12F3NO2. The van der Waals surface area contributed by atoms with Gasteiger partial charge >= 0.3 is 12.3 Å². The number of alkyl halides is 3. The maximum absolute atomic E-state index is 11.5. The van der Waals surface area contributed by atoms with E-state index in [0.29, 0.717) is 6.54 Å². The maximum atomic E-state index is 11.5. The molecule has 6 heteroatoms. The van der Waals surface area contributed by atoms with Crippen molar-refractivity contribution < 1.29 is 22.7 Å². The average molecular weight is 199 g/mol. The molecule has 0 bridgehead atoms. The quantitative estimate of drug-likeness (QED) is 0.754. The topological polar surface area (TPSA) is 38.3 Å². The van der Waals surface area contributed by atoms with Crippen molar-refractivity contribution in [2.45, 2.75) is 20.0 Å². The normalized spacial score (nSPS) is 11.5. The highest BCUT2D eigenvalue weighted by atomic mass is 19.4. The molecule has 13 heavy (non-hydrogen) atoms. The number of carbonyl (C=O) groups is 1. The zero-order valence-corrected chi connectivity index (χ0v) is 7.44. The van der Waals surface area contributed by atoms with Gasteiger partial charge in [0.05, 0.1) is 0 Å². The Bertz CT molecular complexity index is 168. The minimum absolute atomic E-state index is 0.179. The predicted octanol–water partition coefficient (Wildman–Crippen LogP) is 1.93. The van der Waals surface area contributed by atoms with Crippen LogP contribution in [0.3, 0.4) is 0 Å². The highest BCUT2D eigenvalue weighted by Crippen LogP contribution is 2.14. The van der Waals surface area contributed by atoms with Crippen molar-refractivity contribution in [3.63, 3.8) is 0 Å². The highest BCUT2D eigenvalue weighted by molar-refractivity contribution is 5.67. The van der Waals surface area contributed by atoms with Crippen molar-refractivity contribution in [3.8, 4) is 0 Å². The number of hydrogen-bond acceptors (Lipinski definition) is 2. The van der Waals surface area contributed by atoms with Crippen LogP contribution in [0.2, 0.25) is 0 Å². The third-order valence-electron chi connectivity index (χ3n) is 1.02. The standard InChI is InChI=1S/C7H12F3NO2/c1-5(2)3-11-6(12)13-4-7(8,9)10/h5H,3-4H2,1-2H3,(H,11,12). The molecule has 0 atom stereocenters. The van der Waals surface area contributed by atoms with Gasteiger partial charge < -0.3 is 10.1 Å². The number of nitrogens with one attached hydrogen (secondary N) is 1. The van der Waals surface area contributed by atoms with Crippen LogP contribution in [0.25, 0.3) is 0 Å². The number of rotatable bonds is 3. The fraction of sp³-hybridized carbons (Fsp3) is 0.857. The monoisotopic (exact) mass is 199 g/mol. The molecule has 1 N–H and O–H groups in total. The molecule has 0 aliphatic heterocycles. The molecule has 0 unspecified atom stereocenters. The van der Waals surface area contributed by atoms with Crippen molar-refractivity contribution >= 4 is 6.09 Å². The maximum Gasteiger partial charge on any atom is 0.422 e. The van der Waals surface area contributed by atoms with Crippen molar-refractivity contribution in [3.05, 3.63) is 0 Å². The molecular weight excluding hydrogens is 187 g/mol. The first-order chi connectivity index (χ1) is 5.81. The summed E-state index contributed by atoms with van der Waals surface area (Å²) in [6, 6.07) is 0. The number of alkyl carbamates (subject to hydrolysis) is 1. The van der Waals surface area contributed by atoms with Crippen LogP contribution in [0, 0.1) is 5.92 Å². The zero-order valence-electron chi connectivity index (χ0n) is 7.44. The van der Waals surface area contributed by atoms with Crippen LogP contribution in [0.4, 0.5) is 18.0 Å². The fourth-order valence-corrected chi connectivity index (χ4v) is 0.486. The Labute approximate surface area is 74.3 Å². The molecule has 78 valence electrons. The third-order valence-corrected chi connectivity index (χ3v) is 1.02. The summed E-state index contributed by atoms with van der Waals surface area (Å²) in [5.41, 5.74) is 0. The Hall–Kier alpha value is -0.940. The van der Waals surface area contributed by atoms with Gasteiger partial charge in [-0.1, -0.05) is 13.8 Å². The van der Waals surface area contributed by atoms with Gasteiger partial charge in [0.15, 0.2) is 6.61 Å². The fourth-order valence-electron chi connectivity index (χ4n) is 0.486. The molecule has 0 heterocycles. The Morgan fingerprint density at radius 3 is 2.38 bits per heavy atom. The average Bonchev–Trinajstić information content (AvgIpc) is 1.95. The zero-order chi connectivity index (χ0) is 10.5. The summed E-state index contributed by atoms with van der Waals surface area (Å²) in [4.78, 5) is 10.6. The van der Waals surface area contributed by atoms with Crippen molar-refractivity contribution in [1.82, 2.24) is 5.32 Å². The molecule has 0 aromatic carbocycles. The van der Waals surface area contributed by atoms with E-state index in [4.69, 9.17) is 0 Å². The molecule has 0 radical (unpaired) electrons. The van der Waals surface area contributed by atoms with Gasteiger partial charge in [0, 0.05) is 6.54 Å². The molecule has 3 nitrogen and oxygen atoms in total. The molecule has 0 rings (SSSR count). The molecule has 0 aromatic rings. The summed E-state index contributed by atoms with van der Waals surface area (Å²) in [5, 5.41) is 2.19. The van der Waals surface area contributed by atoms with Gasteiger partial charge in [-0.2, -0.15) is 13.2 Å².